The van der Waals surface area contributed by atoms with Crippen molar-refractivity contribution in [3.63, 3.8) is 0 Å². The van der Waals surface area contributed by atoms with Crippen LogP contribution in [0.3, 0.4) is 0 Å². The Balaban J connectivity index is 2.06. The van der Waals surface area contributed by atoms with Crippen LogP contribution in [0.1, 0.15) is 20.3 Å². The van der Waals surface area contributed by atoms with E-state index in [1.54, 1.807) is 0 Å². The number of aliphatic carboxylic acids is 1. The average Bonchev–Trinajstić information content (AvgIpc) is 2.84. The smallest absolute Gasteiger partial charge is 0.307 e. The van der Waals surface area contributed by atoms with Crippen LogP contribution in [0.15, 0.2) is 12.2 Å². The van der Waals surface area contributed by atoms with Gasteiger partial charge in [0.25, 0.3) is 0 Å². The molecule has 0 aromatic heterocycles. The van der Waals surface area contributed by atoms with E-state index in [-0.39, 0.29) is 23.7 Å². The van der Waals surface area contributed by atoms with E-state index in [0.29, 0.717) is 12.5 Å². The van der Waals surface area contributed by atoms with Gasteiger partial charge in [-0.2, -0.15) is 0 Å². The van der Waals surface area contributed by atoms with Gasteiger partial charge >= 0.3 is 5.97 Å². The summed E-state index contributed by atoms with van der Waals surface area (Å²) in [5, 5.41) is 12.1. The molecular formula is C13H19NO3. The van der Waals surface area contributed by atoms with Gasteiger partial charge in [0.1, 0.15) is 0 Å². The summed E-state index contributed by atoms with van der Waals surface area (Å²) in [4.78, 5) is 23.3. The van der Waals surface area contributed by atoms with Crippen molar-refractivity contribution in [2.45, 2.75) is 20.3 Å². The first-order valence-corrected chi connectivity index (χ1v) is 6.19. The minimum atomic E-state index is -0.841. The molecule has 2 rings (SSSR count). The molecule has 4 nitrogen and oxygen atoms in total. The predicted octanol–water partition coefficient (Wildman–Crippen LogP) is 1.28. The topological polar surface area (TPSA) is 66.4 Å². The molecule has 0 aromatic rings. The van der Waals surface area contributed by atoms with Crippen LogP contribution in [-0.4, -0.2) is 23.5 Å². The number of hydrogen-bond donors (Lipinski definition) is 2. The van der Waals surface area contributed by atoms with Gasteiger partial charge < -0.3 is 10.4 Å². The lowest BCUT2D eigenvalue weighted by Gasteiger charge is -2.24. The third-order valence-electron chi connectivity index (χ3n) is 3.73. The molecule has 94 valence electrons. The number of carbonyl (C=O) groups excluding carboxylic acids is 1. The summed E-state index contributed by atoms with van der Waals surface area (Å²) < 4.78 is 0. The molecule has 17 heavy (non-hydrogen) atoms. The normalized spacial score (nSPS) is 34.3. The number of rotatable bonds is 4. The molecule has 2 aliphatic carbocycles. The van der Waals surface area contributed by atoms with Gasteiger partial charge in [0.2, 0.25) is 5.91 Å². The van der Waals surface area contributed by atoms with Crippen molar-refractivity contribution >= 4 is 11.9 Å². The van der Waals surface area contributed by atoms with Gasteiger partial charge in [-0.05, 0) is 24.2 Å². The second kappa shape index (κ2) is 4.51. The SMILES string of the molecule is CC(C)CNC(=O)[C@@H]1[C@@H](C(=O)O)[C@H]2C=C[C@H]1C2. The first-order chi connectivity index (χ1) is 8.00. The van der Waals surface area contributed by atoms with Crippen molar-refractivity contribution in [3.05, 3.63) is 12.2 Å². The lowest BCUT2D eigenvalue weighted by molar-refractivity contribution is -0.147. The maximum absolute atomic E-state index is 12.0. The molecule has 0 heterocycles. The van der Waals surface area contributed by atoms with E-state index in [9.17, 15) is 14.7 Å². The van der Waals surface area contributed by atoms with Crippen LogP contribution in [-0.2, 0) is 9.59 Å². The van der Waals surface area contributed by atoms with Crippen LogP contribution in [0.5, 0.6) is 0 Å². The molecule has 0 saturated heterocycles. The molecule has 2 aliphatic rings. The zero-order valence-corrected chi connectivity index (χ0v) is 10.2. The van der Waals surface area contributed by atoms with Gasteiger partial charge in [0.15, 0.2) is 0 Å². The molecule has 1 fully saturated rings. The van der Waals surface area contributed by atoms with E-state index < -0.39 is 11.9 Å². The van der Waals surface area contributed by atoms with Crippen molar-refractivity contribution in [3.8, 4) is 0 Å². The predicted molar refractivity (Wildman–Crippen MR) is 63.2 cm³/mol. The first-order valence-electron chi connectivity index (χ1n) is 6.19. The minimum Gasteiger partial charge on any atom is -0.481 e. The Morgan fingerprint density at radius 1 is 1.29 bits per heavy atom. The summed E-state index contributed by atoms with van der Waals surface area (Å²) in [6, 6.07) is 0. The molecular weight excluding hydrogens is 218 g/mol. The molecule has 4 atom stereocenters. The third-order valence-corrected chi connectivity index (χ3v) is 3.73. The number of carboxylic acid groups (broad SMARTS) is 1. The summed E-state index contributed by atoms with van der Waals surface area (Å²) in [7, 11) is 0. The Hall–Kier alpha value is -1.32. The van der Waals surface area contributed by atoms with Crippen molar-refractivity contribution in [2.24, 2.45) is 29.6 Å². The molecule has 1 amide bonds. The van der Waals surface area contributed by atoms with E-state index in [4.69, 9.17) is 0 Å². The van der Waals surface area contributed by atoms with Crippen LogP contribution in [0.4, 0.5) is 0 Å². The highest BCUT2D eigenvalue weighted by Gasteiger charge is 2.51. The summed E-state index contributed by atoms with van der Waals surface area (Å²) in [5.74, 6) is -1.29. The Labute approximate surface area is 101 Å². The standard InChI is InChI=1S/C13H19NO3/c1-7(2)6-14-12(15)10-8-3-4-9(5-8)11(10)13(16)17/h3-4,7-11H,5-6H2,1-2H3,(H,14,15)(H,16,17)/t8-,9-,10-,11-/m0/s1. The lowest BCUT2D eigenvalue weighted by atomic mass is 9.82. The maximum atomic E-state index is 12.0. The number of nitrogens with one attached hydrogen (secondary N) is 1. The number of amides is 1. The number of hydrogen-bond acceptors (Lipinski definition) is 2. The summed E-state index contributed by atoms with van der Waals surface area (Å²) in [6.45, 7) is 4.66. The summed E-state index contributed by atoms with van der Waals surface area (Å²) >= 11 is 0. The van der Waals surface area contributed by atoms with Crippen LogP contribution in [0.2, 0.25) is 0 Å². The van der Waals surface area contributed by atoms with Gasteiger partial charge in [0, 0.05) is 6.54 Å². The first kappa shape index (κ1) is 12.1. The molecule has 4 heteroatoms. The van der Waals surface area contributed by atoms with Gasteiger partial charge in [0.05, 0.1) is 11.8 Å². The highest BCUT2D eigenvalue weighted by atomic mass is 16.4. The van der Waals surface area contributed by atoms with Crippen molar-refractivity contribution < 1.29 is 14.7 Å². The highest BCUT2D eigenvalue weighted by molar-refractivity contribution is 5.86. The average molecular weight is 237 g/mol. The van der Waals surface area contributed by atoms with Crippen LogP contribution in [0.25, 0.3) is 0 Å². The minimum absolute atomic E-state index is 0.0484. The van der Waals surface area contributed by atoms with E-state index in [1.807, 2.05) is 26.0 Å². The molecule has 2 N–H and O–H groups in total. The highest BCUT2D eigenvalue weighted by Crippen LogP contribution is 2.48. The Morgan fingerprint density at radius 2 is 1.88 bits per heavy atom. The number of fused-ring (bicyclic) bond motifs is 2. The lowest BCUT2D eigenvalue weighted by Crippen LogP contribution is -2.41. The van der Waals surface area contributed by atoms with E-state index in [2.05, 4.69) is 5.32 Å². The number of carbonyl (C=O) groups is 2. The molecule has 0 aromatic carbocycles. The number of allylic oxidation sites excluding steroid dienone is 2. The second-order valence-corrected chi connectivity index (χ2v) is 5.48. The fourth-order valence-electron chi connectivity index (χ4n) is 2.94. The summed E-state index contributed by atoms with van der Waals surface area (Å²) in [6.07, 6.45) is 4.77. The Kier molecular flexibility index (Phi) is 3.22. The Morgan fingerprint density at radius 3 is 2.41 bits per heavy atom. The van der Waals surface area contributed by atoms with Gasteiger partial charge in [-0.3, -0.25) is 9.59 Å². The zero-order valence-electron chi connectivity index (χ0n) is 10.2. The fraction of sp³-hybridized carbons (Fsp3) is 0.692. The molecule has 0 unspecified atom stereocenters. The van der Waals surface area contributed by atoms with Gasteiger partial charge in [-0.1, -0.05) is 26.0 Å². The zero-order chi connectivity index (χ0) is 12.6. The monoisotopic (exact) mass is 237 g/mol. The second-order valence-electron chi connectivity index (χ2n) is 5.48. The molecule has 0 aliphatic heterocycles. The molecule has 0 spiro atoms. The van der Waals surface area contributed by atoms with Gasteiger partial charge in [-0.25, -0.2) is 0 Å². The maximum Gasteiger partial charge on any atom is 0.307 e. The van der Waals surface area contributed by atoms with Crippen LogP contribution >= 0.6 is 0 Å². The third kappa shape index (κ3) is 2.21. The van der Waals surface area contributed by atoms with Crippen molar-refractivity contribution in [1.82, 2.24) is 5.32 Å². The van der Waals surface area contributed by atoms with E-state index in [1.165, 1.54) is 0 Å². The van der Waals surface area contributed by atoms with E-state index >= 15 is 0 Å². The quantitative estimate of drug-likeness (QED) is 0.724. The van der Waals surface area contributed by atoms with Gasteiger partial charge in [-0.15, -0.1) is 0 Å². The van der Waals surface area contributed by atoms with Crippen LogP contribution < -0.4 is 5.32 Å². The molecule has 1 saturated carbocycles. The van der Waals surface area contributed by atoms with Crippen molar-refractivity contribution in [2.75, 3.05) is 6.54 Å². The Bertz CT molecular complexity index is 362. The van der Waals surface area contributed by atoms with Crippen molar-refractivity contribution in [1.29, 1.82) is 0 Å². The number of carboxylic acids is 1. The molecule has 2 bridgehead atoms. The molecule has 0 radical (unpaired) electrons. The largest absolute Gasteiger partial charge is 0.481 e. The van der Waals surface area contributed by atoms with Crippen LogP contribution in [0, 0.1) is 29.6 Å². The van der Waals surface area contributed by atoms with E-state index in [0.717, 1.165) is 6.42 Å². The fourth-order valence-corrected chi connectivity index (χ4v) is 2.94. The summed E-state index contributed by atoms with van der Waals surface area (Å²) in [5.41, 5.74) is 0.